The summed E-state index contributed by atoms with van der Waals surface area (Å²) in [5, 5.41) is 9.81. The Balaban J connectivity index is 2.41. The number of benzene rings is 1. The summed E-state index contributed by atoms with van der Waals surface area (Å²) in [6, 6.07) is 5.90. The summed E-state index contributed by atoms with van der Waals surface area (Å²) < 4.78 is 90.3. The van der Waals surface area contributed by atoms with E-state index in [1.807, 2.05) is 0 Å². The smallest absolute Gasteiger partial charge is 0.383 e. The zero-order chi connectivity index (χ0) is 16.1. The van der Waals surface area contributed by atoms with E-state index in [0.29, 0.717) is 5.56 Å². The predicted molar refractivity (Wildman–Crippen MR) is 59.4 cm³/mol. The molecule has 0 spiro atoms. The molecule has 1 atom stereocenters. The maximum absolute atomic E-state index is 13.7. The molecule has 0 aliphatic heterocycles. The van der Waals surface area contributed by atoms with E-state index in [9.17, 15) is 35.8 Å². The molecule has 0 radical (unpaired) electrons. The van der Waals surface area contributed by atoms with E-state index in [0.717, 1.165) is 0 Å². The van der Waals surface area contributed by atoms with Crippen LogP contribution < -0.4 is 0 Å². The second kappa shape index (κ2) is 4.59. The van der Waals surface area contributed by atoms with Gasteiger partial charge in [-0.3, -0.25) is 0 Å². The van der Waals surface area contributed by atoms with E-state index in [1.165, 1.54) is 12.1 Å². The maximum atomic E-state index is 13.7. The van der Waals surface area contributed by atoms with Crippen LogP contribution in [0.3, 0.4) is 0 Å². The van der Waals surface area contributed by atoms with Gasteiger partial charge in [-0.2, -0.15) is 30.7 Å². The van der Waals surface area contributed by atoms with Gasteiger partial charge < -0.3 is 5.11 Å². The summed E-state index contributed by atoms with van der Waals surface area (Å²) in [4.78, 5) is 0. The monoisotopic (exact) mass is 316 g/mol. The van der Waals surface area contributed by atoms with Gasteiger partial charge in [-0.1, -0.05) is 24.3 Å². The van der Waals surface area contributed by atoms with Crippen molar-refractivity contribution < 1.29 is 35.8 Å². The molecule has 8 heteroatoms. The van der Waals surface area contributed by atoms with Crippen LogP contribution >= 0.6 is 0 Å². The molecule has 0 aromatic heterocycles. The second-order valence-corrected chi connectivity index (χ2v) is 5.12. The van der Waals surface area contributed by atoms with E-state index in [4.69, 9.17) is 0 Å². The van der Waals surface area contributed by atoms with Crippen molar-refractivity contribution in [3.8, 4) is 0 Å². The van der Waals surface area contributed by atoms with Gasteiger partial charge in [-0.15, -0.1) is 0 Å². The Hall–Kier alpha value is -1.31. The third kappa shape index (κ3) is 2.29. The van der Waals surface area contributed by atoms with Gasteiger partial charge in [0.05, 0.1) is 0 Å². The van der Waals surface area contributed by atoms with Crippen LogP contribution in [0.4, 0.5) is 30.7 Å². The van der Waals surface area contributed by atoms with Crippen LogP contribution in [0.1, 0.15) is 17.5 Å². The van der Waals surface area contributed by atoms with Crippen molar-refractivity contribution in [2.24, 2.45) is 0 Å². The molecule has 2 rings (SSSR count). The second-order valence-electron chi connectivity index (χ2n) is 5.12. The largest absolute Gasteiger partial charge is 0.459 e. The molecule has 0 saturated carbocycles. The van der Waals surface area contributed by atoms with Crippen molar-refractivity contribution in [2.45, 2.75) is 42.9 Å². The molecule has 118 valence electrons. The fraction of sp³-hybridized carbons (Fsp3) is 0.538. The Labute approximate surface area is 115 Å². The standard InChI is InChI=1S/C13H11F7O/c14-11(15,12(16,17)13(18,19)20)10(21)6-5-8-3-1-2-4-9(8)7-10/h1-4,21H,5-7H2. The lowest BCUT2D eigenvalue weighted by molar-refractivity contribution is -0.389. The number of rotatable bonds is 2. The molecule has 1 aromatic carbocycles. The number of hydrogen-bond acceptors (Lipinski definition) is 1. The van der Waals surface area contributed by atoms with Gasteiger partial charge >= 0.3 is 18.0 Å². The minimum absolute atomic E-state index is 0.142. The molecular weight excluding hydrogens is 305 g/mol. The highest BCUT2D eigenvalue weighted by molar-refractivity contribution is 5.33. The third-order valence-corrected chi connectivity index (χ3v) is 3.74. The molecule has 0 bridgehead atoms. The first-order valence-electron chi connectivity index (χ1n) is 6.04. The average Bonchev–Trinajstić information content (AvgIpc) is 2.36. The number of aryl methyl sites for hydroxylation is 1. The molecule has 1 aliphatic carbocycles. The fourth-order valence-corrected chi connectivity index (χ4v) is 2.46. The lowest BCUT2D eigenvalue weighted by atomic mass is 9.75. The van der Waals surface area contributed by atoms with Gasteiger partial charge in [0.15, 0.2) is 0 Å². The van der Waals surface area contributed by atoms with Crippen molar-refractivity contribution in [1.82, 2.24) is 0 Å². The first-order valence-corrected chi connectivity index (χ1v) is 6.04. The van der Waals surface area contributed by atoms with Crippen molar-refractivity contribution >= 4 is 0 Å². The van der Waals surface area contributed by atoms with Crippen molar-refractivity contribution in [1.29, 1.82) is 0 Å². The summed E-state index contributed by atoms with van der Waals surface area (Å²) in [5.41, 5.74) is -2.75. The van der Waals surface area contributed by atoms with Crippen molar-refractivity contribution in [3.05, 3.63) is 35.4 Å². The Morgan fingerprint density at radius 3 is 1.95 bits per heavy atom. The van der Waals surface area contributed by atoms with Gasteiger partial charge in [0.1, 0.15) is 5.60 Å². The van der Waals surface area contributed by atoms with E-state index < -0.39 is 36.5 Å². The van der Waals surface area contributed by atoms with E-state index in [2.05, 4.69) is 0 Å². The van der Waals surface area contributed by atoms with Gasteiger partial charge in [0, 0.05) is 6.42 Å². The van der Waals surface area contributed by atoms with Gasteiger partial charge in [-0.05, 0) is 24.0 Å². The fourth-order valence-electron chi connectivity index (χ4n) is 2.46. The molecule has 0 heterocycles. The topological polar surface area (TPSA) is 20.2 Å². The van der Waals surface area contributed by atoms with E-state index in [-0.39, 0.29) is 12.0 Å². The lowest BCUT2D eigenvalue weighted by Crippen LogP contribution is -2.65. The molecule has 0 saturated heterocycles. The zero-order valence-electron chi connectivity index (χ0n) is 10.5. The minimum atomic E-state index is -6.44. The summed E-state index contributed by atoms with van der Waals surface area (Å²) in [6.07, 6.45) is -8.47. The summed E-state index contributed by atoms with van der Waals surface area (Å²) in [7, 11) is 0. The molecule has 0 amide bonds. The number of hydrogen-bond donors (Lipinski definition) is 1. The Kier molecular flexibility index (Phi) is 3.51. The Morgan fingerprint density at radius 2 is 1.43 bits per heavy atom. The van der Waals surface area contributed by atoms with Crippen LogP contribution in [-0.4, -0.2) is 28.7 Å². The third-order valence-electron chi connectivity index (χ3n) is 3.74. The van der Waals surface area contributed by atoms with Crippen LogP contribution in [0, 0.1) is 0 Å². The lowest BCUT2D eigenvalue weighted by Gasteiger charge is -2.42. The van der Waals surface area contributed by atoms with Crippen LogP contribution in [0.5, 0.6) is 0 Å². The van der Waals surface area contributed by atoms with Crippen molar-refractivity contribution in [3.63, 3.8) is 0 Å². The highest BCUT2D eigenvalue weighted by Gasteiger charge is 2.79. The van der Waals surface area contributed by atoms with Gasteiger partial charge in [0.25, 0.3) is 0 Å². The van der Waals surface area contributed by atoms with Crippen LogP contribution in [-0.2, 0) is 12.8 Å². The molecule has 1 aliphatic rings. The number of fused-ring (bicyclic) bond motifs is 1. The molecular formula is C13H11F7O. The van der Waals surface area contributed by atoms with E-state index in [1.54, 1.807) is 12.1 Å². The van der Waals surface area contributed by atoms with Gasteiger partial charge in [0.2, 0.25) is 0 Å². The molecule has 21 heavy (non-hydrogen) atoms. The quantitative estimate of drug-likeness (QED) is 0.824. The summed E-state index contributed by atoms with van der Waals surface area (Å²) in [6.45, 7) is 0. The van der Waals surface area contributed by atoms with Crippen LogP contribution in [0.15, 0.2) is 24.3 Å². The first kappa shape index (κ1) is 16.1. The number of halogens is 7. The maximum Gasteiger partial charge on any atom is 0.459 e. The number of alkyl halides is 7. The predicted octanol–water partition coefficient (Wildman–Crippen LogP) is 3.74. The zero-order valence-corrected chi connectivity index (χ0v) is 10.5. The number of aliphatic hydroxyl groups is 1. The Bertz CT molecular complexity index is 538. The summed E-state index contributed by atoms with van der Waals surface area (Å²) in [5.74, 6) is -11.9. The highest BCUT2D eigenvalue weighted by Crippen LogP contribution is 2.54. The van der Waals surface area contributed by atoms with Crippen LogP contribution in [0.25, 0.3) is 0 Å². The van der Waals surface area contributed by atoms with Crippen LogP contribution in [0.2, 0.25) is 0 Å². The molecule has 0 fully saturated rings. The first-order chi connectivity index (χ1) is 9.42. The minimum Gasteiger partial charge on any atom is -0.383 e. The SMILES string of the molecule is OC1(C(F)(F)C(F)(F)C(F)(F)F)CCc2ccccc2C1. The average molecular weight is 316 g/mol. The van der Waals surface area contributed by atoms with Gasteiger partial charge in [-0.25, -0.2) is 0 Å². The molecule has 1 nitrogen and oxygen atoms in total. The normalized spacial score (nSPS) is 23.8. The summed E-state index contributed by atoms with van der Waals surface area (Å²) >= 11 is 0. The van der Waals surface area contributed by atoms with E-state index >= 15 is 0 Å². The highest BCUT2D eigenvalue weighted by atomic mass is 19.4. The van der Waals surface area contributed by atoms with Crippen molar-refractivity contribution in [2.75, 3.05) is 0 Å². The molecule has 1 N–H and O–H groups in total. The molecule has 1 aromatic rings. The molecule has 1 unspecified atom stereocenters. The Morgan fingerprint density at radius 1 is 0.905 bits per heavy atom.